The van der Waals surface area contributed by atoms with Gasteiger partial charge in [-0.3, -0.25) is 38.4 Å². The highest BCUT2D eigenvalue weighted by Gasteiger charge is 2.34. The van der Waals surface area contributed by atoms with Gasteiger partial charge in [0.1, 0.15) is 36.8 Å². The number of carbonyl (C=O) groups excluding carboxylic acids is 8. The summed E-state index contributed by atoms with van der Waals surface area (Å²) in [4.78, 5) is 108. The maximum atomic E-state index is 13.7. The van der Waals surface area contributed by atoms with E-state index in [4.69, 9.17) is 10.5 Å². The molecule has 1 fully saturated rings. The molecule has 1 aliphatic rings. The number of esters is 1. The van der Waals surface area contributed by atoms with Crippen molar-refractivity contribution in [3.05, 3.63) is 60.3 Å². The number of H-pyrrole nitrogens is 1. The first-order valence-corrected chi connectivity index (χ1v) is 22.6. The zero-order valence-electron chi connectivity index (χ0n) is 37.5. The molecule has 11 N–H and O–H groups in total. The van der Waals surface area contributed by atoms with Crippen molar-refractivity contribution in [2.45, 2.75) is 147 Å². The van der Waals surface area contributed by atoms with E-state index in [1.54, 1.807) is 12.3 Å². The van der Waals surface area contributed by atoms with Gasteiger partial charge < -0.3 is 57.6 Å². The Labute approximate surface area is 379 Å². The molecule has 1 saturated heterocycles. The third-order valence-electron chi connectivity index (χ3n) is 10.8. The van der Waals surface area contributed by atoms with E-state index in [9.17, 15) is 48.6 Å². The Morgan fingerprint density at radius 3 is 2.40 bits per heavy atom. The lowest BCUT2D eigenvalue weighted by molar-refractivity contribution is -0.152. The monoisotopic (exact) mass is 909 g/mol. The van der Waals surface area contributed by atoms with Crippen molar-refractivity contribution in [3.8, 4) is 0 Å². The molecule has 6 atom stereocenters. The first kappa shape index (κ1) is 53.3. The first-order chi connectivity index (χ1) is 31.2. The van der Waals surface area contributed by atoms with Crippen LogP contribution >= 0.6 is 0 Å². The molecule has 7 amide bonds. The minimum Gasteiger partial charge on any atom is -0.459 e. The number of aliphatic hydroxyl groups excluding tert-OH is 2. The van der Waals surface area contributed by atoms with Gasteiger partial charge in [-0.1, -0.05) is 88.0 Å². The topological polar surface area (TPSA) is 300 Å². The number of nitrogens with two attached hydrogens (primary N) is 1. The van der Waals surface area contributed by atoms with Crippen molar-refractivity contribution in [1.29, 1.82) is 0 Å². The number of allylic oxidation sites excluding steroid dienone is 3. The second-order valence-electron chi connectivity index (χ2n) is 16.2. The van der Waals surface area contributed by atoms with Gasteiger partial charge in [-0.2, -0.15) is 0 Å². The van der Waals surface area contributed by atoms with Gasteiger partial charge in [-0.15, -0.1) is 0 Å². The fourth-order valence-corrected chi connectivity index (χ4v) is 7.09. The predicted molar refractivity (Wildman–Crippen MR) is 242 cm³/mol. The van der Waals surface area contributed by atoms with Crippen LogP contribution in [0.5, 0.6) is 0 Å². The molecular weight excluding hydrogens is 841 g/mol. The van der Waals surface area contributed by atoms with Gasteiger partial charge in [0.05, 0.1) is 12.7 Å². The van der Waals surface area contributed by atoms with E-state index in [1.165, 1.54) is 19.8 Å². The number of cyclic esters (lactones) is 1. The number of carbonyl (C=O) groups is 8. The van der Waals surface area contributed by atoms with Crippen LogP contribution in [0.1, 0.15) is 109 Å². The van der Waals surface area contributed by atoms with Crippen molar-refractivity contribution >= 4 is 58.2 Å². The number of nitrogens with one attached hydrogen (secondary N) is 7. The Morgan fingerprint density at radius 2 is 1.65 bits per heavy atom. The Morgan fingerprint density at radius 1 is 0.892 bits per heavy atom. The summed E-state index contributed by atoms with van der Waals surface area (Å²) in [5.74, 6) is -6.39. The number of hydrogen-bond donors (Lipinski definition) is 10. The Bertz CT molecular complexity index is 1950. The average Bonchev–Trinajstić information content (AvgIpc) is 3.68. The minimum atomic E-state index is -1.59. The highest BCUT2D eigenvalue weighted by Crippen LogP contribution is 2.19. The van der Waals surface area contributed by atoms with Crippen molar-refractivity contribution < 1.29 is 53.3 Å². The number of hydrogen-bond acceptors (Lipinski definition) is 11. The van der Waals surface area contributed by atoms with Crippen LogP contribution in [0.15, 0.2) is 54.8 Å². The number of aromatic amines is 1. The molecule has 358 valence electrons. The number of aromatic nitrogens is 1. The standard InChI is InChI=1S/C46H68N8O11/c1-3-4-5-6-7-9-12-17-32(56)18-13-10-8-11-14-21-39(58)51-35(22-23-38(47)57)44(62)54-42-30(2)65-41(60)28-50-43(61)37(29-55)53-45(63)36(52-40(59)24-25-48-46(42)64)26-31-27-49-34-20-16-15-19-33(31)34/h7,9,12,15-17,19-20,27,30,32,35-37,42,49,55-56H,3-6,8,10-11,13-14,18,21-26,28-29H2,1-2H3,(H2,47,57)(H,48,64)(H,50,61)(H,51,58)(H,52,59)(H,53,63)(H,54,62)/b9-7-,17-12-/t30-,32-,35+,36-,37+,42+/m1/s1. The lowest BCUT2D eigenvalue weighted by atomic mass is 10.0. The molecule has 0 unspecified atom stereocenters. The number of rotatable bonds is 23. The third-order valence-corrected chi connectivity index (χ3v) is 10.8. The van der Waals surface area contributed by atoms with E-state index in [0.29, 0.717) is 18.4 Å². The quantitative estimate of drug-likeness (QED) is 0.0430. The van der Waals surface area contributed by atoms with Gasteiger partial charge in [0.15, 0.2) is 0 Å². The molecule has 2 aromatic rings. The van der Waals surface area contributed by atoms with Crippen LogP contribution in [0.25, 0.3) is 10.9 Å². The molecule has 3 rings (SSSR count). The van der Waals surface area contributed by atoms with Gasteiger partial charge in [0.25, 0.3) is 0 Å². The van der Waals surface area contributed by atoms with Crippen molar-refractivity contribution in [3.63, 3.8) is 0 Å². The summed E-state index contributed by atoms with van der Waals surface area (Å²) in [6, 6.07) is 1.66. The Balaban J connectivity index is 1.63. The van der Waals surface area contributed by atoms with Crippen LogP contribution in [-0.2, 0) is 49.5 Å². The van der Waals surface area contributed by atoms with Crippen LogP contribution in [0.3, 0.4) is 0 Å². The molecule has 0 aliphatic carbocycles. The molecule has 0 radical (unpaired) electrons. The SMILES string of the molecule is CCCCC/C=C\C=C/[C@@H](O)CCCCCCCC(=O)N[C@@H](CCC(N)=O)C(=O)N[C@@H]1C(=O)NCCC(=O)N[C@H](Cc2c[nH]c3ccccc23)C(=O)N[C@@H](CO)C(=O)NCC(=O)O[C@@H]1C. The van der Waals surface area contributed by atoms with Crippen LogP contribution < -0.4 is 37.6 Å². The van der Waals surface area contributed by atoms with E-state index in [1.807, 2.05) is 36.4 Å². The number of benzene rings is 1. The van der Waals surface area contributed by atoms with Crippen molar-refractivity contribution in [1.82, 2.24) is 36.9 Å². The molecular formula is C46H68N8O11. The van der Waals surface area contributed by atoms with Crippen LogP contribution in [0.4, 0.5) is 0 Å². The number of primary amides is 1. The number of aliphatic hydroxyl groups is 2. The Hall–Kier alpha value is -6.08. The fraction of sp³-hybridized carbons (Fsp3) is 0.565. The van der Waals surface area contributed by atoms with E-state index < -0.39 is 96.8 Å². The highest BCUT2D eigenvalue weighted by atomic mass is 16.5. The summed E-state index contributed by atoms with van der Waals surface area (Å²) < 4.78 is 5.39. The zero-order chi connectivity index (χ0) is 47.6. The van der Waals surface area contributed by atoms with Gasteiger partial charge in [-0.25, -0.2) is 0 Å². The molecule has 65 heavy (non-hydrogen) atoms. The number of ether oxygens (including phenoxy) is 1. The first-order valence-electron chi connectivity index (χ1n) is 22.6. The van der Waals surface area contributed by atoms with Gasteiger partial charge in [0.2, 0.25) is 41.4 Å². The second-order valence-corrected chi connectivity index (χ2v) is 16.2. The largest absolute Gasteiger partial charge is 0.459 e. The van der Waals surface area contributed by atoms with Crippen molar-refractivity contribution in [2.75, 3.05) is 19.7 Å². The molecule has 0 bridgehead atoms. The number of amides is 7. The highest BCUT2D eigenvalue weighted by molar-refractivity contribution is 5.95. The fourth-order valence-electron chi connectivity index (χ4n) is 7.09. The molecule has 1 aliphatic heterocycles. The summed E-state index contributed by atoms with van der Waals surface area (Å²) in [6.07, 6.45) is 15.6. The Kier molecular flexibility index (Phi) is 24.1. The summed E-state index contributed by atoms with van der Waals surface area (Å²) in [5.41, 5.74) is 6.82. The zero-order valence-corrected chi connectivity index (χ0v) is 37.5. The van der Waals surface area contributed by atoms with E-state index in [2.05, 4.69) is 49.9 Å². The summed E-state index contributed by atoms with van der Waals surface area (Å²) in [6.45, 7) is 1.59. The number of fused-ring (bicyclic) bond motifs is 1. The van der Waals surface area contributed by atoms with Gasteiger partial charge in [-0.05, 0) is 50.7 Å². The summed E-state index contributed by atoms with van der Waals surface area (Å²) in [5, 5.41) is 35.9. The lowest BCUT2D eigenvalue weighted by Crippen LogP contribution is -2.58. The number of para-hydroxylation sites is 1. The molecule has 1 aromatic heterocycles. The van der Waals surface area contributed by atoms with Crippen molar-refractivity contribution in [2.24, 2.45) is 5.73 Å². The maximum Gasteiger partial charge on any atom is 0.325 e. The molecule has 19 nitrogen and oxygen atoms in total. The van der Waals surface area contributed by atoms with Gasteiger partial charge in [0, 0.05) is 49.3 Å². The maximum absolute atomic E-state index is 13.7. The van der Waals surface area contributed by atoms with E-state index in [0.717, 1.165) is 49.4 Å². The molecule has 2 heterocycles. The van der Waals surface area contributed by atoms with E-state index in [-0.39, 0.29) is 38.6 Å². The number of unbranched alkanes of at least 4 members (excludes halogenated alkanes) is 7. The molecule has 0 spiro atoms. The van der Waals surface area contributed by atoms with E-state index >= 15 is 0 Å². The normalized spacial score (nSPS) is 20.3. The third kappa shape index (κ3) is 20.1. The minimum absolute atomic E-state index is 0.0129. The van der Waals surface area contributed by atoms with Crippen LogP contribution in [0.2, 0.25) is 0 Å². The predicted octanol–water partition coefficient (Wildman–Crippen LogP) is 1.26. The summed E-state index contributed by atoms with van der Waals surface area (Å²) >= 11 is 0. The van der Waals surface area contributed by atoms with Crippen LogP contribution in [-0.4, -0.2) is 119 Å². The van der Waals surface area contributed by atoms with Crippen LogP contribution in [0, 0.1) is 0 Å². The average molecular weight is 909 g/mol. The smallest absolute Gasteiger partial charge is 0.325 e. The van der Waals surface area contributed by atoms with Gasteiger partial charge >= 0.3 is 5.97 Å². The lowest BCUT2D eigenvalue weighted by Gasteiger charge is -2.27. The molecule has 1 aromatic carbocycles. The second kappa shape index (κ2) is 29.4. The molecule has 19 heteroatoms. The molecule has 0 saturated carbocycles. The summed E-state index contributed by atoms with van der Waals surface area (Å²) in [7, 11) is 0.